The van der Waals surface area contributed by atoms with E-state index < -0.39 is 12.1 Å². The van der Waals surface area contributed by atoms with Crippen molar-refractivity contribution in [2.75, 3.05) is 20.2 Å². The number of aliphatic hydroxyl groups excluding tert-OH is 1. The van der Waals surface area contributed by atoms with Gasteiger partial charge in [0.15, 0.2) is 0 Å². The molecule has 0 fully saturated rings. The van der Waals surface area contributed by atoms with Gasteiger partial charge in [-0.25, -0.2) is 4.79 Å². The quantitative estimate of drug-likeness (QED) is 0.818. The first kappa shape index (κ1) is 17.2. The smallest absolute Gasteiger partial charge is 0.338 e. The minimum absolute atomic E-state index is 0.176. The lowest BCUT2D eigenvalue weighted by Gasteiger charge is -2.18. The van der Waals surface area contributed by atoms with E-state index in [1.54, 1.807) is 37.9 Å². The predicted molar refractivity (Wildman–Crippen MR) is 80.3 cm³/mol. The van der Waals surface area contributed by atoms with Crippen LogP contribution in [0.2, 0.25) is 0 Å². The number of hydrogen-bond donors (Lipinski definition) is 1. The summed E-state index contributed by atoms with van der Waals surface area (Å²) in [7, 11) is 1.71. The molecule has 1 amide bonds. The standard InChI is InChI=1S/C16H23NO4/c1-5-7-17(4)15(19)13-8-12(11(3)18)9-14(10-13)16(20)21-6-2/h8-11,18H,5-7H2,1-4H3. The van der Waals surface area contributed by atoms with Crippen LogP contribution in [0.5, 0.6) is 0 Å². The van der Waals surface area contributed by atoms with Crippen molar-refractivity contribution < 1.29 is 19.4 Å². The molecule has 0 aliphatic rings. The molecule has 0 spiro atoms. The molecule has 0 saturated heterocycles. The number of hydrogen-bond acceptors (Lipinski definition) is 4. The molecule has 0 aliphatic carbocycles. The maximum Gasteiger partial charge on any atom is 0.338 e. The molecular weight excluding hydrogens is 270 g/mol. The molecule has 1 N–H and O–H groups in total. The van der Waals surface area contributed by atoms with Crippen LogP contribution in [0.1, 0.15) is 59.6 Å². The zero-order valence-corrected chi connectivity index (χ0v) is 13.0. The van der Waals surface area contributed by atoms with Crippen LogP contribution in [-0.2, 0) is 4.74 Å². The number of aliphatic hydroxyl groups is 1. The number of rotatable bonds is 6. The SMILES string of the molecule is CCCN(C)C(=O)c1cc(C(=O)OCC)cc(C(C)O)c1. The average molecular weight is 293 g/mol. The first-order valence-electron chi connectivity index (χ1n) is 7.16. The van der Waals surface area contributed by atoms with Crippen molar-refractivity contribution in [3.05, 3.63) is 34.9 Å². The molecule has 5 heteroatoms. The number of nitrogens with zero attached hydrogens (tertiary/aromatic N) is 1. The Morgan fingerprint density at radius 3 is 2.38 bits per heavy atom. The fraction of sp³-hybridized carbons (Fsp3) is 0.500. The van der Waals surface area contributed by atoms with Gasteiger partial charge in [0.25, 0.3) is 5.91 Å². The maximum atomic E-state index is 12.3. The number of esters is 1. The number of carbonyl (C=O) groups excluding carboxylic acids is 2. The maximum absolute atomic E-state index is 12.3. The van der Waals surface area contributed by atoms with Gasteiger partial charge >= 0.3 is 5.97 Å². The summed E-state index contributed by atoms with van der Waals surface area (Å²) >= 11 is 0. The van der Waals surface area contributed by atoms with Crippen LogP contribution in [0, 0.1) is 0 Å². The van der Waals surface area contributed by atoms with Gasteiger partial charge in [-0.05, 0) is 44.0 Å². The molecule has 116 valence electrons. The van der Waals surface area contributed by atoms with Crippen LogP contribution >= 0.6 is 0 Å². The van der Waals surface area contributed by atoms with E-state index >= 15 is 0 Å². The van der Waals surface area contributed by atoms with Gasteiger partial charge in [-0.15, -0.1) is 0 Å². The van der Waals surface area contributed by atoms with Gasteiger partial charge in [0, 0.05) is 19.2 Å². The number of benzene rings is 1. The zero-order valence-electron chi connectivity index (χ0n) is 13.0. The van der Waals surface area contributed by atoms with E-state index in [0.29, 0.717) is 17.7 Å². The van der Waals surface area contributed by atoms with Gasteiger partial charge in [0.2, 0.25) is 0 Å². The summed E-state index contributed by atoms with van der Waals surface area (Å²) in [6.07, 6.45) is 0.0886. The molecule has 0 bridgehead atoms. The summed E-state index contributed by atoms with van der Waals surface area (Å²) in [5.41, 5.74) is 1.18. The Kier molecular flexibility index (Phi) is 6.37. The highest BCUT2D eigenvalue weighted by atomic mass is 16.5. The molecule has 1 aromatic carbocycles. The van der Waals surface area contributed by atoms with Crippen molar-refractivity contribution in [2.45, 2.75) is 33.3 Å². The summed E-state index contributed by atoms with van der Waals surface area (Å²) in [6, 6.07) is 4.68. The predicted octanol–water partition coefficient (Wildman–Crippen LogP) is 2.40. The number of carbonyl (C=O) groups is 2. The lowest BCUT2D eigenvalue weighted by atomic mass is 10.0. The minimum Gasteiger partial charge on any atom is -0.462 e. The highest BCUT2D eigenvalue weighted by molar-refractivity contribution is 5.98. The monoisotopic (exact) mass is 293 g/mol. The molecule has 21 heavy (non-hydrogen) atoms. The fourth-order valence-corrected chi connectivity index (χ4v) is 2.01. The van der Waals surface area contributed by atoms with Crippen LogP contribution < -0.4 is 0 Å². The Morgan fingerprint density at radius 1 is 1.24 bits per heavy atom. The summed E-state index contributed by atoms with van der Waals surface area (Å²) in [4.78, 5) is 25.8. The van der Waals surface area contributed by atoms with Crippen LogP contribution in [0.25, 0.3) is 0 Å². The van der Waals surface area contributed by atoms with Crippen molar-refractivity contribution in [1.82, 2.24) is 4.90 Å². The van der Waals surface area contributed by atoms with Gasteiger partial charge in [-0.2, -0.15) is 0 Å². The van der Waals surface area contributed by atoms with E-state index in [-0.39, 0.29) is 18.1 Å². The van der Waals surface area contributed by atoms with E-state index in [2.05, 4.69) is 0 Å². The topological polar surface area (TPSA) is 66.8 Å². The van der Waals surface area contributed by atoms with Gasteiger partial charge in [0.1, 0.15) is 0 Å². The van der Waals surface area contributed by atoms with Gasteiger partial charge < -0.3 is 14.7 Å². The van der Waals surface area contributed by atoms with Crippen LogP contribution in [0.15, 0.2) is 18.2 Å². The third-order valence-corrected chi connectivity index (χ3v) is 3.10. The van der Waals surface area contributed by atoms with Crippen molar-refractivity contribution in [2.24, 2.45) is 0 Å². The van der Waals surface area contributed by atoms with E-state index in [1.807, 2.05) is 6.92 Å². The summed E-state index contributed by atoms with van der Waals surface area (Å²) < 4.78 is 4.96. The van der Waals surface area contributed by atoms with Crippen LogP contribution in [0.3, 0.4) is 0 Å². The highest BCUT2D eigenvalue weighted by Crippen LogP contribution is 2.19. The van der Waals surface area contributed by atoms with Gasteiger partial charge in [-0.3, -0.25) is 4.79 Å². The summed E-state index contributed by atoms with van der Waals surface area (Å²) in [6.45, 7) is 6.19. The molecule has 0 aliphatic heterocycles. The second-order valence-corrected chi connectivity index (χ2v) is 4.97. The molecule has 1 atom stereocenters. The second-order valence-electron chi connectivity index (χ2n) is 4.97. The minimum atomic E-state index is -0.762. The first-order valence-corrected chi connectivity index (χ1v) is 7.16. The van der Waals surface area contributed by atoms with Crippen molar-refractivity contribution in [3.8, 4) is 0 Å². The first-order chi connectivity index (χ1) is 9.90. The lowest BCUT2D eigenvalue weighted by molar-refractivity contribution is 0.0526. The van der Waals surface area contributed by atoms with Crippen molar-refractivity contribution >= 4 is 11.9 Å². The van der Waals surface area contributed by atoms with E-state index in [0.717, 1.165) is 6.42 Å². The molecule has 1 rings (SSSR count). The summed E-state index contributed by atoms with van der Waals surface area (Å²) in [5.74, 6) is -0.669. The molecule has 1 unspecified atom stereocenters. The Labute approximate surface area is 125 Å². The Balaban J connectivity index is 3.19. The average Bonchev–Trinajstić information content (AvgIpc) is 2.46. The third-order valence-electron chi connectivity index (χ3n) is 3.10. The molecular formula is C16H23NO4. The zero-order chi connectivity index (χ0) is 16.0. The third kappa shape index (κ3) is 4.56. The second kappa shape index (κ2) is 7.78. The molecule has 0 heterocycles. The van der Waals surface area contributed by atoms with E-state index in [4.69, 9.17) is 4.74 Å². The normalized spacial score (nSPS) is 11.9. The molecule has 0 radical (unpaired) electrons. The van der Waals surface area contributed by atoms with Crippen LogP contribution in [0.4, 0.5) is 0 Å². The number of amides is 1. The van der Waals surface area contributed by atoms with E-state index in [1.165, 1.54) is 6.07 Å². The Hall–Kier alpha value is -1.88. The summed E-state index contributed by atoms with van der Waals surface area (Å²) in [5, 5.41) is 9.73. The van der Waals surface area contributed by atoms with Gasteiger partial charge in [0.05, 0.1) is 18.3 Å². The highest BCUT2D eigenvalue weighted by Gasteiger charge is 2.17. The largest absolute Gasteiger partial charge is 0.462 e. The van der Waals surface area contributed by atoms with Crippen molar-refractivity contribution in [1.29, 1.82) is 0 Å². The molecule has 5 nitrogen and oxygen atoms in total. The van der Waals surface area contributed by atoms with Gasteiger partial charge in [-0.1, -0.05) is 6.92 Å². The Bertz CT molecular complexity index is 511. The van der Waals surface area contributed by atoms with Crippen molar-refractivity contribution in [3.63, 3.8) is 0 Å². The van der Waals surface area contributed by atoms with E-state index in [9.17, 15) is 14.7 Å². The Morgan fingerprint density at radius 2 is 1.86 bits per heavy atom. The lowest BCUT2D eigenvalue weighted by Crippen LogP contribution is -2.27. The number of ether oxygens (including phenoxy) is 1. The molecule has 1 aromatic rings. The fourth-order valence-electron chi connectivity index (χ4n) is 2.01. The molecule has 0 aromatic heterocycles. The van der Waals surface area contributed by atoms with Crippen LogP contribution in [-0.4, -0.2) is 42.1 Å². The molecule has 0 saturated carbocycles.